The Kier molecular flexibility index (Phi) is 5.38. The Morgan fingerprint density at radius 2 is 2.10 bits per heavy atom. The molecule has 1 aliphatic carbocycles. The van der Waals surface area contributed by atoms with Gasteiger partial charge in [-0.1, -0.05) is 27.2 Å². The van der Waals surface area contributed by atoms with Gasteiger partial charge in [0, 0.05) is 12.1 Å². The summed E-state index contributed by atoms with van der Waals surface area (Å²) in [5.74, 6) is 1.46. The van der Waals surface area contributed by atoms with Crippen LogP contribution in [-0.2, 0) is 11.2 Å². The molecule has 0 saturated heterocycles. The summed E-state index contributed by atoms with van der Waals surface area (Å²) in [7, 11) is 0. The van der Waals surface area contributed by atoms with Gasteiger partial charge < -0.3 is 0 Å². The van der Waals surface area contributed by atoms with Crippen LogP contribution in [0, 0.1) is 11.8 Å². The van der Waals surface area contributed by atoms with Crippen LogP contribution in [0.4, 0.5) is 0 Å². The molecule has 2 rings (SSSR count). The Morgan fingerprint density at radius 3 is 2.70 bits per heavy atom. The van der Waals surface area contributed by atoms with Crippen molar-refractivity contribution in [2.45, 2.75) is 71.8 Å². The van der Waals surface area contributed by atoms with Gasteiger partial charge in [0.25, 0.3) is 0 Å². The van der Waals surface area contributed by atoms with Crippen LogP contribution in [0.5, 0.6) is 0 Å². The van der Waals surface area contributed by atoms with Crippen LogP contribution in [-0.4, -0.2) is 15.6 Å². The number of nitrogens with zero attached hydrogens (tertiary/aromatic N) is 2. The Hall–Kier alpha value is -1.12. The third-order valence-electron chi connectivity index (χ3n) is 4.91. The highest BCUT2D eigenvalue weighted by atomic mass is 16.1. The SMILES string of the molecule is CCC1CCC(C(=O)Cc2ccn(C(CC)CC)n2)C1. The zero-order valence-electron chi connectivity index (χ0n) is 13.1. The summed E-state index contributed by atoms with van der Waals surface area (Å²) in [6.45, 7) is 6.60. The molecule has 0 amide bonds. The Balaban J connectivity index is 1.92. The van der Waals surface area contributed by atoms with Crippen LogP contribution in [0.25, 0.3) is 0 Å². The van der Waals surface area contributed by atoms with Crippen molar-refractivity contribution in [2.75, 3.05) is 0 Å². The van der Waals surface area contributed by atoms with Crippen molar-refractivity contribution in [3.63, 3.8) is 0 Å². The number of Topliss-reactive ketones (excluding diaryl/α,β-unsaturated/α-hetero) is 1. The molecule has 20 heavy (non-hydrogen) atoms. The first-order valence-electron chi connectivity index (χ1n) is 8.24. The standard InChI is InChI=1S/C17H28N2O/c1-4-13-7-8-14(11-13)17(20)12-15-9-10-19(18-15)16(5-2)6-3/h9-10,13-14,16H,4-8,11-12H2,1-3H3. The first kappa shape index (κ1) is 15.3. The maximum atomic E-state index is 12.3. The lowest BCUT2D eigenvalue weighted by Crippen LogP contribution is -2.15. The van der Waals surface area contributed by atoms with E-state index in [1.54, 1.807) is 0 Å². The molecular formula is C17H28N2O. The molecule has 1 aromatic heterocycles. The van der Waals surface area contributed by atoms with Crippen LogP contribution >= 0.6 is 0 Å². The third-order valence-corrected chi connectivity index (χ3v) is 4.91. The van der Waals surface area contributed by atoms with Crippen LogP contribution in [0.15, 0.2) is 12.3 Å². The van der Waals surface area contributed by atoms with E-state index in [0.717, 1.165) is 37.3 Å². The molecule has 1 fully saturated rings. The minimum atomic E-state index is 0.290. The molecule has 2 unspecified atom stereocenters. The average molecular weight is 276 g/mol. The summed E-state index contributed by atoms with van der Waals surface area (Å²) in [4.78, 5) is 12.3. The van der Waals surface area contributed by atoms with Crippen molar-refractivity contribution in [1.29, 1.82) is 0 Å². The van der Waals surface area contributed by atoms with Gasteiger partial charge >= 0.3 is 0 Å². The molecule has 0 bridgehead atoms. The number of carbonyl (C=O) groups is 1. The minimum absolute atomic E-state index is 0.290. The fraction of sp³-hybridized carbons (Fsp3) is 0.765. The molecule has 0 aliphatic heterocycles. The molecule has 1 heterocycles. The predicted molar refractivity (Wildman–Crippen MR) is 81.7 cm³/mol. The Labute approximate surface area is 122 Å². The number of aromatic nitrogens is 2. The van der Waals surface area contributed by atoms with E-state index in [-0.39, 0.29) is 0 Å². The van der Waals surface area contributed by atoms with E-state index in [0.29, 0.717) is 24.2 Å². The topological polar surface area (TPSA) is 34.9 Å². The van der Waals surface area contributed by atoms with Gasteiger partial charge in [-0.3, -0.25) is 9.48 Å². The maximum Gasteiger partial charge on any atom is 0.141 e. The van der Waals surface area contributed by atoms with Gasteiger partial charge in [-0.05, 0) is 44.1 Å². The summed E-state index contributed by atoms with van der Waals surface area (Å²) in [6.07, 6.45) is 9.37. The van der Waals surface area contributed by atoms with Gasteiger partial charge in [-0.15, -0.1) is 0 Å². The van der Waals surface area contributed by atoms with Crippen molar-refractivity contribution in [3.05, 3.63) is 18.0 Å². The van der Waals surface area contributed by atoms with E-state index < -0.39 is 0 Å². The lowest BCUT2D eigenvalue weighted by Gasteiger charge is -2.12. The van der Waals surface area contributed by atoms with E-state index in [1.807, 2.05) is 16.9 Å². The molecule has 2 atom stereocenters. The molecule has 0 radical (unpaired) electrons. The number of rotatable bonds is 7. The van der Waals surface area contributed by atoms with E-state index in [9.17, 15) is 4.79 Å². The molecule has 1 saturated carbocycles. The summed E-state index contributed by atoms with van der Waals surface area (Å²) >= 11 is 0. The van der Waals surface area contributed by atoms with E-state index >= 15 is 0 Å². The second-order valence-corrected chi connectivity index (χ2v) is 6.18. The van der Waals surface area contributed by atoms with Crippen molar-refractivity contribution in [3.8, 4) is 0 Å². The monoisotopic (exact) mass is 276 g/mol. The first-order valence-corrected chi connectivity index (χ1v) is 8.24. The molecule has 0 N–H and O–H groups in total. The average Bonchev–Trinajstić information content (AvgIpc) is 3.09. The van der Waals surface area contributed by atoms with Crippen LogP contribution in [0.1, 0.15) is 71.0 Å². The highest BCUT2D eigenvalue weighted by Gasteiger charge is 2.28. The molecule has 1 aliphatic rings. The summed E-state index contributed by atoms with van der Waals surface area (Å²) in [5, 5.41) is 4.60. The van der Waals surface area contributed by atoms with Gasteiger partial charge in [0.2, 0.25) is 0 Å². The highest BCUT2D eigenvalue weighted by Crippen LogP contribution is 2.33. The van der Waals surface area contributed by atoms with Crippen LogP contribution < -0.4 is 0 Å². The zero-order valence-corrected chi connectivity index (χ0v) is 13.1. The number of hydrogen-bond donors (Lipinski definition) is 0. The summed E-state index contributed by atoms with van der Waals surface area (Å²) in [6, 6.07) is 2.48. The quantitative estimate of drug-likeness (QED) is 0.748. The molecule has 1 aromatic rings. The van der Waals surface area contributed by atoms with Gasteiger partial charge in [0.1, 0.15) is 5.78 Å². The summed E-state index contributed by atoms with van der Waals surface area (Å²) in [5.41, 5.74) is 0.946. The predicted octanol–water partition coefficient (Wildman–Crippen LogP) is 4.18. The number of hydrogen-bond acceptors (Lipinski definition) is 2. The lowest BCUT2D eigenvalue weighted by molar-refractivity contribution is -0.122. The first-order chi connectivity index (χ1) is 9.67. The fourth-order valence-corrected chi connectivity index (χ4v) is 3.40. The van der Waals surface area contributed by atoms with Crippen LogP contribution in [0.2, 0.25) is 0 Å². The van der Waals surface area contributed by atoms with Gasteiger partial charge in [0.15, 0.2) is 0 Å². The molecular weight excluding hydrogens is 248 g/mol. The van der Waals surface area contributed by atoms with Gasteiger partial charge in [0.05, 0.1) is 18.2 Å². The minimum Gasteiger partial charge on any atom is -0.299 e. The van der Waals surface area contributed by atoms with E-state index in [1.165, 1.54) is 12.8 Å². The normalized spacial score (nSPS) is 22.6. The van der Waals surface area contributed by atoms with E-state index in [4.69, 9.17) is 0 Å². The number of ketones is 1. The molecule has 0 aromatic carbocycles. The van der Waals surface area contributed by atoms with Crippen molar-refractivity contribution >= 4 is 5.78 Å². The van der Waals surface area contributed by atoms with Crippen molar-refractivity contribution in [2.24, 2.45) is 11.8 Å². The number of carbonyl (C=O) groups excluding carboxylic acids is 1. The summed E-state index contributed by atoms with van der Waals surface area (Å²) < 4.78 is 2.03. The Bertz CT molecular complexity index is 434. The zero-order chi connectivity index (χ0) is 14.5. The largest absolute Gasteiger partial charge is 0.299 e. The van der Waals surface area contributed by atoms with Gasteiger partial charge in [-0.25, -0.2) is 0 Å². The lowest BCUT2D eigenvalue weighted by atomic mass is 9.96. The van der Waals surface area contributed by atoms with Crippen LogP contribution in [0.3, 0.4) is 0 Å². The molecule has 0 spiro atoms. The fourth-order valence-electron chi connectivity index (χ4n) is 3.40. The van der Waals surface area contributed by atoms with Crippen molar-refractivity contribution < 1.29 is 4.79 Å². The third kappa shape index (κ3) is 3.50. The second kappa shape index (κ2) is 7.05. The molecule has 112 valence electrons. The maximum absolute atomic E-state index is 12.3. The second-order valence-electron chi connectivity index (χ2n) is 6.18. The molecule has 3 nitrogen and oxygen atoms in total. The molecule has 3 heteroatoms. The van der Waals surface area contributed by atoms with E-state index in [2.05, 4.69) is 25.9 Å². The van der Waals surface area contributed by atoms with Gasteiger partial charge in [-0.2, -0.15) is 5.10 Å². The smallest absolute Gasteiger partial charge is 0.141 e. The Morgan fingerprint density at radius 1 is 1.35 bits per heavy atom. The highest BCUT2D eigenvalue weighted by molar-refractivity contribution is 5.83. The van der Waals surface area contributed by atoms with Crippen molar-refractivity contribution in [1.82, 2.24) is 9.78 Å².